The fourth-order valence-electron chi connectivity index (χ4n) is 2.45. The molecule has 0 heterocycles. The molecule has 0 aromatic heterocycles. The largest absolute Gasteiger partial charge is 0.0694 e. The summed E-state index contributed by atoms with van der Waals surface area (Å²) in [4.78, 5) is 0. The molecular formula is C16H21P. The quantitative estimate of drug-likeness (QED) is 0.668. The predicted octanol–water partition coefficient (Wildman–Crippen LogP) is 4.77. The van der Waals surface area contributed by atoms with E-state index in [1.165, 1.54) is 16.9 Å². The van der Waals surface area contributed by atoms with Gasteiger partial charge in [0.1, 0.15) is 0 Å². The van der Waals surface area contributed by atoms with Gasteiger partial charge in [0.2, 0.25) is 0 Å². The standard InChI is InChI=1S/C16H21P/c1-5-17(16(2,3)4)15-12-8-10-13-9-6-7-11-14(13)15/h6-12H,5H2,1-4H3. The van der Waals surface area contributed by atoms with Crippen molar-refractivity contribution >= 4 is 24.0 Å². The van der Waals surface area contributed by atoms with Gasteiger partial charge in [-0.2, -0.15) is 0 Å². The SMILES string of the molecule is CCP(c1cccc2ccccc12)C(C)(C)C. The van der Waals surface area contributed by atoms with Gasteiger partial charge in [0.25, 0.3) is 0 Å². The molecule has 0 N–H and O–H groups in total. The fourth-order valence-corrected chi connectivity index (χ4v) is 5.22. The molecule has 0 aliphatic heterocycles. The van der Waals surface area contributed by atoms with Crippen molar-refractivity contribution in [3.05, 3.63) is 42.5 Å². The monoisotopic (exact) mass is 244 g/mol. The van der Waals surface area contributed by atoms with Crippen molar-refractivity contribution < 1.29 is 0 Å². The van der Waals surface area contributed by atoms with Crippen LogP contribution < -0.4 is 5.30 Å². The van der Waals surface area contributed by atoms with Crippen LogP contribution in [0.25, 0.3) is 10.8 Å². The molecule has 0 nitrogen and oxygen atoms in total. The Labute approximate surface area is 106 Å². The number of benzene rings is 2. The Morgan fingerprint density at radius 2 is 1.59 bits per heavy atom. The molecule has 0 aliphatic rings. The summed E-state index contributed by atoms with van der Waals surface area (Å²) >= 11 is 0. The van der Waals surface area contributed by atoms with E-state index in [2.05, 4.69) is 70.2 Å². The lowest BCUT2D eigenvalue weighted by Crippen LogP contribution is -2.21. The van der Waals surface area contributed by atoms with E-state index in [4.69, 9.17) is 0 Å². The number of hydrogen-bond acceptors (Lipinski definition) is 0. The average molecular weight is 244 g/mol. The zero-order valence-corrected chi connectivity index (χ0v) is 12.1. The minimum Gasteiger partial charge on any atom is -0.0694 e. The van der Waals surface area contributed by atoms with Gasteiger partial charge in [-0.25, -0.2) is 0 Å². The van der Waals surface area contributed by atoms with Crippen LogP contribution in [0.3, 0.4) is 0 Å². The highest BCUT2D eigenvalue weighted by molar-refractivity contribution is 7.67. The lowest BCUT2D eigenvalue weighted by atomic mass is 10.1. The van der Waals surface area contributed by atoms with Crippen LogP contribution in [0.1, 0.15) is 27.7 Å². The van der Waals surface area contributed by atoms with E-state index < -0.39 is 0 Å². The first-order valence-electron chi connectivity index (χ1n) is 6.29. The van der Waals surface area contributed by atoms with Crippen LogP contribution in [0.5, 0.6) is 0 Å². The highest BCUT2D eigenvalue weighted by Gasteiger charge is 2.25. The summed E-state index contributed by atoms with van der Waals surface area (Å²) in [6.07, 6.45) is 1.26. The zero-order valence-electron chi connectivity index (χ0n) is 11.2. The summed E-state index contributed by atoms with van der Waals surface area (Å²) in [5.74, 6) is 0. The highest BCUT2D eigenvalue weighted by Crippen LogP contribution is 2.49. The van der Waals surface area contributed by atoms with E-state index in [-0.39, 0.29) is 7.92 Å². The van der Waals surface area contributed by atoms with Crippen LogP contribution in [-0.4, -0.2) is 11.3 Å². The summed E-state index contributed by atoms with van der Waals surface area (Å²) in [6, 6.07) is 15.5. The fraction of sp³-hybridized carbons (Fsp3) is 0.375. The van der Waals surface area contributed by atoms with E-state index in [1.807, 2.05) is 0 Å². The third-order valence-electron chi connectivity index (χ3n) is 3.18. The Morgan fingerprint density at radius 1 is 0.941 bits per heavy atom. The summed E-state index contributed by atoms with van der Waals surface area (Å²) in [7, 11) is -0.0944. The molecule has 0 saturated carbocycles. The molecular weight excluding hydrogens is 223 g/mol. The molecule has 0 amide bonds. The highest BCUT2D eigenvalue weighted by atomic mass is 31.1. The lowest BCUT2D eigenvalue weighted by molar-refractivity contribution is 0.787. The van der Waals surface area contributed by atoms with Crippen LogP contribution in [0.15, 0.2) is 42.5 Å². The third kappa shape index (κ3) is 2.53. The van der Waals surface area contributed by atoms with Gasteiger partial charge >= 0.3 is 0 Å². The topological polar surface area (TPSA) is 0 Å². The second-order valence-corrected chi connectivity index (χ2v) is 8.73. The van der Waals surface area contributed by atoms with E-state index >= 15 is 0 Å². The van der Waals surface area contributed by atoms with E-state index in [0.717, 1.165) is 0 Å². The first-order chi connectivity index (χ1) is 8.04. The molecule has 0 saturated heterocycles. The smallest absolute Gasteiger partial charge is 0.0107 e. The second-order valence-electron chi connectivity index (χ2n) is 5.41. The Kier molecular flexibility index (Phi) is 3.54. The van der Waals surface area contributed by atoms with E-state index in [1.54, 1.807) is 5.30 Å². The van der Waals surface area contributed by atoms with Crippen molar-refractivity contribution in [2.75, 3.05) is 6.16 Å². The molecule has 1 unspecified atom stereocenters. The second kappa shape index (κ2) is 4.78. The molecule has 2 aromatic rings. The molecule has 2 rings (SSSR count). The van der Waals surface area contributed by atoms with Crippen molar-refractivity contribution in [2.24, 2.45) is 0 Å². The van der Waals surface area contributed by atoms with Gasteiger partial charge in [0, 0.05) is 0 Å². The first kappa shape index (κ1) is 12.6. The third-order valence-corrected chi connectivity index (χ3v) is 6.41. The van der Waals surface area contributed by atoms with Gasteiger partial charge in [-0.1, -0.05) is 78.1 Å². The van der Waals surface area contributed by atoms with Gasteiger partial charge in [0.05, 0.1) is 0 Å². The van der Waals surface area contributed by atoms with Crippen LogP contribution in [0.4, 0.5) is 0 Å². The van der Waals surface area contributed by atoms with Crippen molar-refractivity contribution in [1.82, 2.24) is 0 Å². The summed E-state index contributed by atoms with van der Waals surface area (Å²) in [6.45, 7) is 9.41. The molecule has 0 spiro atoms. The zero-order chi connectivity index (χ0) is 12.5. The number of rotatable bonds is 2. The van der Waals surface area contributed by atoms with Crippen LogP contribution in [-0.2, 0) is 0 Å². The average Bonchev–Trinajstić information content (AvgIpc) is 2.28. The molecule has 0 fully saturated rings. The molecule has 1 heteroatoms. The normalized spacial score (nSPS) is 13.9. The Bertz CT molecular complexity index is 503. The van der Waals surface area contributed by atoms with Crippen LogP contribution >= 0.6 is 7.92 Å². The Morgan fingerprint density at radius 3 is 2.24 bits per heavy atom. The van der Waals surface area contributed by atoms with Crippen molar-refractivity contribution in [3.8, 4) is 0 Å². The van der Waals surface area contributed by atoms with Gasteiger partial charge in [-0.3, -0.25) is 0 Å². The number of fused-ring (bicyclic) bond motifs is 1. The van der Waals surface area contributed by atoms with Crippen LogP contribution in [0.2, 0.25) is 0 Å². The first-order valence-corrected chi connectivity index (χ1v) is 7.82. The Balaban J connectivity index is 2.62. The number of hydrogen-bond donors (Lipinski definition) is 0. The summed E-state index contributed by atoms with van der Waals surface area (Å²) in [5, 5.41) is 4.76. The predicted molar refractivity (Wildman–Crippen MR) is 80.8 cm³/mol. The molecule has 0 aliphatic carbocycles. The van der Waals surface area contributed by atoms with Crippen LogP contribution in [0, 0.1) is 0 Å². The van der Waals surface area contributed by atoms with Gasteiger partial charge in [-0.15, -0.1) is 0 Å². The lowest BCUT2D eigenvalue weighted by Gasteiger charge is -2.31. The molecule has 0 bridgehead atoms. The maximum atomic E-state index is 2.37. The van der Waals surface area contributed by atoms with Crippen molar-refractivity contribution in [1.29, 1.82) is 0 Å². The maximum Gasteiger partial charge on any atom is -0.0107 e. The minimum absolute atomic E-state index is 0.0944. The van der Waals surface area contributed by atoms with Gasteiger partial charge in [0.15, 0.2) is 0 Å². The van der Waals surface area contributed by atoms with Crippen molar-refractivity contribution in [3.63, 3.8) is 0 Å². The van der Waals surface area contributed by atoms with Gasteiger partial charge < -0.3 is 0 Å². The molecule has 2 aromatic carbocycles. The van der Waals surface area contributed by atoms with E-state index in [0.29, 0.717) is 5.16 Å². The molecule has 90 valence electrons. The molecule has 1 atom stereocenters. The molecule has 0 radical (unpaired) electrons. The molecule has 17 heavy (non-hydrogen) atoms. The minimum atomic E-state index is -0.0944. The maximum absolute atomic E-state index is 2.37. The van der Waals surface area contributed by atoms with E-state index in [9.17, 15) is 0 Å². The van der Waals surface area contributed by atoms with Gasteiger partial charge in [-0.05, 0) is 27.4 Å². The van der Waals surface area contributed by atoms with Crippen molar-refractivity contribution in [2.45, 2.75) is 32.9 Å². The summed E-state index contributed by atoms with van der Waals surface area (Å²) < 4.78 is 0. The Hall–Kier alpha value is -0.870. The summed E-state index contributed by atoms with van der Waals surface area (Å²) in [5.41, 5.74) is 0.